The molecule has 14 heavy (non-hydrogen) atoms. The van der Waals surface area contributed by atoms with Gasteiger partial charge in [-0.05, 0) is 22.7 Å². The van der Waals surface area contributed by atoms with Crippen molar-refractivity contribution in [2.75, 3.05) is 0 Å². The van der Waals surface area contributed by atoms with Gasteiger partial charge in [-0.2, -0.15) is 0 Å². The highest BCUT2D eigenvalue weighted by Crippen LogP contribution is 2.61. The zero-order chi connectivity index (χ0) is 11.1. The van der Waals surface area contributed by atoms with E-state index in [0.717, 1.165) is 11.8 Å². The van der Waals surface area contributed by atoms with Gasteiger partial charge >= 0.3 is 0 Å². The van der Waals surface area contributed by atoms with Crippen molar-refractivity contribution in [3.8, 4) is 0 Å². The Bertz CT molecular complexity index is 202. The normalized spacial score (nSPS) is 39.4. The van der Waals surface area contributed by atoms with E-state index >= 15 is 0 Å². The van der Waals surface area contributed by atoms with Crippen molar-refractivity contribution < 1.29 is 0 Å². The minimum absolute atomic E-state index is 0.370. The maximum absolute atomic E-state index is 6.14. The molecule has 0 heterocycles. The van der Waals surface area contributed by atoms with Crippen LogP contribution in [0.15, 0.2) is 0 Å². The van der Waals surface area contributed by atoms with Crippen LogP contribution < -0.4 is 0 Å². The van der Waals surface area contributed by atoms with Crippen molar-refractivity contribution in [3.05, 3.63) is 0 Å². The number of hydrogen-bond donors (Lipinski definition) is 0. The summed E-state index contributed by atoms with van der Waals surface area (Å²) < 4.78 is 0. The third-order valence-corrected chi connectivity index (χ3v) is 4.56. The van der Waals surface area contributed by atoms with Gasteiger partial charge in [-0.25, -0.2) is 0 Å². The topological polar surface area (TPSA) is 0 Å². The molecule has 1 rings (SSSR count). The molecule has 0 aromatic heterocycles. The van der Waals surface area contributed by atoms with Crippen molar-refractivity contribution >= 4 is 7.85 Å². The van der Waals surface area contributed by atoms with E-state index in [1.807, 2.05) is 0 Å². The largest absolute Gasteiger partial charge is 0.0766 e. The smallest absolute Gasteiger partial charge is 0.0699 e. The molecule has 1 heteroatoms. The van der Waals surface area contributed by atoms with Gasteiger partial charge in [0, 0.05) is 0 Å². The predicted octanol–water partition coefficient (Wildman–Crippen LogP) is 4.06. The maximum Gasteiger partial charge on any atom is 0.0699 e. The van der Waals surface area contributed by atoms with E-state index in [-0.39, 0.29) is 0 Å². The van der Waals surface area contributed by atoms with Gasteiger partial charge in [0.25, 0.3) is 0 Å². The Balaban J connectivity index is 3.06. The lowest BCUT2D eigenvalue weighted by Gasteiger charge is -2.49. The van der Waals surface area contributed by atoms with Crippen molar-refractivity contribution in [2.24, 2.45) is 22.7 Å². The lowest BCUT2D eigenvalue weighted by atomic mass is 9.55. The third-order valence-electron chi connectivity index (χ3n) is 4.56. The first-order chi connectivity index (χ1) is 6.22. The molecule has 0 N–H and O–H groups in total. The Morgan fingerprint density at radius 1 is 1.29 bits per heavy atom. The third kappa shape index (κ3) is 1.63. The van der Waals surface area contributed by atoms with Crippen molar-refractivity contribution in [3.63, 3.8) is 0 Å². The first-order valence-electron chi connectivity index (χ1n) is 5.97. The van der Waals surface area contributed by atoms with Crippen molar-refractivity contribution in [2.45, 2.75) is 60.2 Å². The molecule has 0 saturated heterocycles. The fourth-order valence-corrected chi connectivity index (χ4v) is 4.10. The Labute approximate surface area is 91.3 Å². The maximum atomic E-state index is 6.14. The molecular formula is C13H25B. The fraction of sp³-hybridized carbons (Fsp3) is 1.00. The van der Waals surface area contributed by atoms with E-state index in [1.54, 1.807) is 0 Å². The molecule has 0 amide bonds. The zero-order valence-corrected chi connectivity index (χ0v) is 10.7. The van der Waals surface area contributed by atoms with Crippen LogP contribution in [-0.2, 0) is 0 Å². The number of rotatable bonds is 1. The van der Waals surface area contributed by atoms with E-state index in [0.29, 0.717) is 16.6 Å². The van der Waals surface area contributed by atoms with Gasteiger partial charge in [-0.3, -0.25) is 0 Å². The SMILES string of the molecule is [B]C1CC(C)C(C(C)C)(C(C)(C)C)C1. The van der Waals surface area contributed by atoms with Gasteiger partial charge in [0.05, 0.1) is 7.85 Å². The summed E-state index contributed by atoms with van der Waals surface area (Å²) in [5.74, 6) is 1.91. The minimum atomic E-state index is 0.370. The molecule has 0 aromatic rings. The Morgan fingerprint density at radius 3 is 1.93 bits per heavy atom. The molecule has 0 spiro atoms. The van der Waals surface area contributed by atoms with Crippen LogP contribution in [0.4, 0.5) is 0 Å². The zero-order valence-electron chi connectivity index (χ0n) is 10.7. The molecule has 1 saturated carbocycles. The van der Waals surface area contributed by atoms with Crippen molar-refractivity contribution in [1.82, 2.24) is 0 Å². The van der Waals surface area contributed by atoms with Gasteiger partial charge in [-0.1, -0.05) is 60.2 Å². The van der Waals surface area contributed by atoms with Crippen LogP contribution in [0.2, 0.25) is 5.82 Å². The van der Waals surface area contributed by atoms with Crippen LogP contribution in [0.3, 0.4) is 0 Å². The lowest BCUT2D eigenvalue weighted by molar-refractivity contribution is -0.00344. The fourth-order valence-electron chi connectivity index (χ4n) is 4.10. The first kappa shape index (κ1) is 12.1. The summed E-state index contributed by atoms with van der Waals surface area (Å²) in [5.41, 5.74) is 0.807. The Morgan fingerprint density at radius 2 is 1.79 bits per heavy atom. The standard InChI is InChI=1S/C13H25B/c1-9(2)13(12(4,5)6)8-11(14)7-10(13)3/h9-11H,7-8H2,1-6H3. The molecule has 3 atom stereocenters. The minimum Gasteiger partial charge on any atom is -0.0766 e. The predicted molar refractivity (Wildman–Crippen MR) is 64.6 cm³/mol. The highest BCUT2D eigenvalue weighted by Gasteiger charge is 2.52. The Kier molecular flexibility index (Phi) is 3.10. The quantitative estimate of drug-likeness (QED) is 0.549. The average molecular weight is 192 g/mol. The molecule has 1 aliphatic rings. The van der Waals surface area contributed by atoms with Crippen LogP contribution in [-0.4, -0.2) is 7.85 Å². The summed E-state index contributed by atoms with van der Waals surface area (Å²) in [6.45, 7) is 14.2. The monoisotopic (exact) mass is 192 g/mol. The molecule has 2 radical (unpaired) electrons. The summed E-state index contributed by atoms with van der Waals surface area (Å²) in [5, 5.41) is 0. The van der Waals surface area contributed by atoms with Gasteiger partial charge in [-0.15, -0.1) is 0 Å². The van der Waals surface area contributed by atoms with E-state index in [4.69, 9.17) is 7.85 Å². The van der Waals surface area contributed by atoms with Gasteiger partial charge in [0.15, 0.2) is 0 Å². The van der Waals surface area contributed by atoms with Crippen LogP contribution in [0, 0.1) is 22.7 Å². The average Bonchev–Trinajstić information content (AvgIpc) is 2.24. The number of hydrogen-bond acceptors (Lipinski definition) is 0. The second-order valence-electron chi connectivity index (χ2n) is 6.55. The molecule has 3 unspecified atom stereocenters. The van der Waals surface area contributed by atoms with Crippen LogP contribution in [0.1, 0.15) is 54.4 Å². The van der Waals surface area contributed by atoms with E-state index in [1.165, 1.54) is 12.8 Å². The van der Waals surface area contributed by atoms with Crippen LogP contribution in [0.25, 0.3) is 0 Å². The molecule has 0 aliphatic heterocycles. The molecule has 0 aromatic carbocycles. The van der Waals surface area contributed by atoms with Gasteiger partial charge in [0.2, 0.25) is 0 Å². The lowest BCUT2D eigenvalue weighted by Crippen LogP contribution is -2.42. The summed E-state index contributed by atoms with van der Waals surface area (Å²) in [7, 11) is 6.14. The van der Waals surface area contributed by atoms with E-state index in [9.17, 15) is 0 Å². The van der Waals surface area contributed by atoms with Gasteiger partial charge in [0.1, 0.15) is 0 Å². The van der Waals surface area contributed by atoms with E-state index < -0.39 is 0 Å². The Hall–Kier alpha value is 0.0649. The summed E-state index contributed by atoms with van der Waals surface area (Å²) in [6, 6.07) is 0. The molecule has 1 fully saturated rings. The van der Waals surface area contributed by atoms with Crippen LogP contribution >= 0.6 is 0 Å². The van der Waals surface area contributed by atoms with Crippen molar-refractivity contribution in [1.29, 1.82) is 0 Å². The summed E-state index contributed by atoms with van der Waals surface area (Å²) in [6.07, 6.45) is 2.41. The summed E-state index contributed by atoms with van der Waals surface area (Å²) >= 11 is 0. The highest BCUT2D eigenvalue weighted by molar-refractivity contribution is 6.11. The molecule has 1 aliphatic carbocycles. The second-order valence-corrected chi connectivity index (χ2v) is 6.55. The second kappa shape index (κ2) is 3.57. The molecule has 0 bridgehead atoms. The molecule has 80 valence electrons. The summed E-state index contributed by atoms with van der Waals surface area (Å²) in [4.78, 5) is 0. The van der Waals surface area contributed by atoms with E-state index in [2.05, 4.69) is 41.5 Å². The van der Waals surface area contributed by atoms with Gasteiger partial charge < -0.3 is 0 Å². The first-order valence-corrected chi connectivity index (χ1v) is 5.97. The highest BCUT2D eigenvalue weighted by atomic mass is 14.6. The molecular weight excluding hydrogens is 167 g/mol. The van der Waals surface area contributed by atoms with Crippen LogP contribution in [0.5, 0.6) is 0 Å². The molecule has 0 nitrogen and oxygen atoms in total.